The molecule has 0 bridgehead atoms. The van der Waals surface area contributed by atoms with Crippen molar-refractivity contribution < 1.29 is 9.90 Å². The van der Waals surface area contributed by atoms with Gasteiger partial charge in [0.1, 0.15) is 0 Å². The molecular formula is C14H14O2S. The number of aryl methyl sites for hydroxylation is 2. The summed E-state index contributed by atoms with van der Waals surface area (Å²) in [6.45, 7) is 4.17. The summed E-state index contributed by atoms with van der Waals surface area (Å²) in [5.41, 5.74) is 2.48. The van der Waals surface area contributed by atoms with Crippen molar-refractivity contribution >= 4 is 33.5 Å². The first-order chi connectivity index (χ1) is 8.11. The fourth-order valence-corrected chi connectivity index (χ4v) is 2.91. The monoisotopic (exact) mass is 246 g/mol. The van der Waals surface area contributed by atoms with Crippen LogP contribution in [0, 0.1) is 6.92 Å². The third-order valence-electron chi connectivity index (χ3n) is 2.82. The van der Waals surface area contributed by atoms with Crippen LogP contribution < -0.4 is 0 Å². The Hall–Kier alpha value is -1.61. The molecule has 0 saturated heterocycles. The molecule has 0 aliphatic heterocycles. The van der Waals surface area contributed by atoms with Crippen LogP contribution in [-0.2, 0) is 11.2 Å². The number of carboxylic acid groups (broad SMARTS) is 1. The van der Waals surface area contributed by atoms with Crippen molar-refractivity contribution in [3.05, 3.63) is 40.3 Å². The molecule has 3 heteroatoms. The molecule has 2 nitrogen and oxygen atoms in total. The second-order valence-electron chi connectivity index (χ2n) is 3.95. The molecule has 0 radical (unpaired) electrons. The third kappa shape index (κ3) is 2.39. The zero-order chi connectivity index (χ0) is 12.4. The summed E-state index contributed by atoms with van der Waals surface area (Å²) in [4.78, 5) is 11.5. The van der Waals surface area contributed by atoms with Crippen molar-refractivity contribution in [2.45, 2.75) is 20.3 Å². The average Bonchev–Trinajstić information content (AvgIpc) is 2.63. The Labute approximate surface area is 104 Å². The predicted molar refractivity (Wildman–Crippen MR) is 72.6 cm³/mol. The minimum atomic E-state index is -0.906. The third-order valence-corrected chi connectivity index (χ3v) is 4.06. The van der Waals surface area contributed by atoms with Gasteiger partial charge >= 0.3 is 5.97 Å². The highest BCUT2D eigenvalue weighted by molar-refractivity contribution is 7.20. The highest BCUT2D eigenvalue weighted by atomic mass is 32.1. The molecule has 0 spiro atoms. The van der Waals surface area contributed by atoms with Crippen molar-refractivity contribution in [2.75, 3.05) is 0 Å². The first kappa shape index (κ1) is 11.9. The highest BCUT2D eigenvalue weighted by Gasteiger charge is 2.06. The topological polar surface area (TPSA) is 37.3 Å². The molecule has 88 valence electrons. The molecular weight excluding hydrogens is 232 g/mol. The zero-order valence-electron chi connectivity index (χ0n) is 9.86. The van der Waals surface area contributed by atoms with Gasteiger partial charge in [0.05, 0.1) is 0 Å². The van der Waals surface area contributed by atoms with Crippen molar-refractivity contribution in [2.24, 2.45) is 0 Å². The molecule has 0 fully saturated rings. The van der Waals surface area contributed by atoms with Gasteiger partial charge in [-0.2, -0.15) is 0 Å². The maximum Gasteiger partial charge on any atom is 0.328 e. The van der Waals surface area contributed by atoms with Crippen molar-refractivity contribution in [3.8, 4) is 0 Å². The van der Waals surface area contributed by atoms with Crippen LogP contribution in [0.2, 0.25) is 0 Å². The molecule has 17 heavy (non-hydrogen) atoms. The van der Waals surface area contributed by atoms with E-state index < -0.39 is 5.97 Å². The Morgan fingerprint density at radius 2 is 2.24 bits per heavy atom. The minimum absolute atomic E-state index is 0.906. The molecule has 0 amide bonds. The minimum Gasteiger partial charge on any atom is -0.478 e. The molecule has 1 heterocycles. The van der Waals surface area contributed by atoms with Gasteiger partial charge in [-0.1, -0.05) is 19.1 Å². The van der Waals surface area contributed by atoms with E-state index in [9.17, 15) is 4.79 Å². The number of hydrogen-bond donors (Lipinski definition) is 1. The number of thiophene rings is 1. The van der Waals surface area contributed by atoms with Gasteiger partial charge in [0.2, 0.25) is 0 Å². The zero-order valence-corrected chi connectivity index (χ0v) is 10.7. The lowest BCUT2D eigenvalue weighted by atomic mass is 10.1. The fourth-order valence-electron chi connectivity index (χ4n) is 1.81. The van der Waals surface area contributed by atoms with E-state index in [1.807, 2.05) is 6.92 Å². The van der Waals surface area contributed by atoms with E-state index in [0.29, 0.717) is 0 Å². The Balaban J connectivity index is 2.53. The number of carbonyl (C=O) groups is 1. The normalized spacial score (nSPS) is 11.4. The van der Waals surface area contributed by atoms with E-state index in [2.05, 4.69) is 25.1 Å². The van der Waals surface area contributed by atoms with Gasteiger partial charge in [0.15, 0.2) is 0 Å². The Bertz CT molecular complexity index is 594. The largest absolute Gasteiger partial charge is 0.478 e. The predicted octanol–water partition coefficient (Wildman–Crippen LogP) is 3.87. The first-order valence-corrected chi connectivity index (χ1v) is 6.36. The van der Waals surface area contributed by atoms with Crippen LogP contribution in [0.5, 0.6) is 0 Å². The van der Waals surface area contributed by atoms with Gasteiger partial charge in [0, 0.05) is 15.7 Å². The second kappa shape index (κ2) is 4.72. The molecule has 2 rings (SSSR count). The highest BCUT2D eigenvalue weighted by Crippen LogP contribution is 2.32. The van der Waals surface area contributed by atoms with Crippen LogP contribution in [-0.4, -0.2) is 11.1 Å². The van der Waals surface area contributed by atoms with E-state index in [4.69, 9.17) is 5.11 Å². The molecule has 1 N–H and O–H groups in total. The van der Waals surface area contributed by atoms with Crippen LogP contribution in [0.25, 0.3) is 16.2 Å². The molecule has 1 aromatic carbocycles. The van der Waals surface area contributed by atoms with Gasteiger partial charge in [-0.25, -0.2) is 4.79 Å². The van der Waals surface area contributed by atoms with E-state index in [0.717, 1.165) is 16.9 Å². The fraction of sp³-hybridized carbons (Fsp3) is 0.214. The van der Waals surface area contributed by atoms with E-state index in [1.165, 1.54) is 21.7 Å². The molecule has 0 atom stereocenters. The molecule has 0 unspecified atom stereocenters. The summed E-state index contributed by atoms with van der Waals surface area (Å²) in [6, 6.07) is 6.44. The van der Waals surface area contributed by atoms with Crippen LogP contribution >= 0.6 is 11.3 Å². The van der Waals surface area contributed by atoms with Crippen LogP contribution in [0.1, 0.15) is 22.9 Å². The molecule has 2 aromatic rings. The van der Waals surface area contributed by atoms with E-state index >= 15 is 0 Å². The molecule has 0 aliphatic carbocycles. The van der Waals surface area contributed by atoms with Gasteiger partial charge < -0.3 is 5.11 Å². The van der Waals surface area contributed by atoms with Crippen molar-refractivity contribution in [1.82, 2.24) is 0 Å². The van der Waals surface area contributed by atoms with Crippen LogP contribution in [0.3, 0.4) is 0 Å². The first-order valence-electron chi connectivity index (χ1n) is 5.55. The van der Waals surface area contributed by atoms with Crippen LogP contribution in [0.4, 0.5) is 0 Å². The van der Waals surface area contributed by atoms with E-state index in [-0.39, 0.29) is 0 Å². The number of hydrogen-bond acceptors (Lipinski definition) is 2. The standard InChI is InChI=1S/C14H14O2S/c1-3-10-4-5-13-11(8-10)9(2)12(17-13)6-7-14(15)16/h4-8H,3H2,1-2H3,(H,15,16)/b7-6+. The Morgan fingerprint density at radius 1 is 1.47 bits per heavy atom. The smallest absolute Gasteiger partial charge is 0.328 e. The molecule has 0 aliphatic rings. The summed E-state index contributed by atoms with van der Waals surface area (Å²) in [6.07, 6.45) is 3.89. The summed E-state index contributed by atoms with van der Waals surface area (Å²) in [5.74, 6) is -0.906. The number of aliphatic carboxylic acids is 1. The summed E-state index contributed by atoms with van der Waals surface area (Å²) < 4.78 is 1.21. The Morgan fingerprint density at radius 3 is 2.88 bits per heavy atom. The van der Waals surface area contributed by atoms with Gasteiger partial charge in [-0.15, -0.1) is 11.3 Å². The lowest BCUT2D eigenvalue weighted by Crippen LogP contribution is -1.85. The van der Waals surface area contributed by atoms with Gasteiger partial charge in [-0.3, -0.25) is 0 Å². The average molecular weight is 246 g/mol. The number of fused-ring (bicyclic) bond motifs is 1. The number of carboxylic acids is 1. The van der Waals surface area contributed by atoms with Crippen molar-refractivity contribution in [3.63, 3.8) is 0 Å². The van der Waals surface area contributed by atoms with Crippen molar-refractivity contribution in [1.29, 1.82) is 0 Å². The van der Waals surface area contributed by atoms with Gasteiger partial charge in [0.25, 0.3) is 0 Å². The Kier molecular flexibility index (Phi) is 3.29. The van der Waals surface area contributed by atoms with E-state index in [1.54, 1.807) is 17.4 Å². The lowest BCUT2D eigenvalue weighted by Gasteiger charge is -1.97. The lowest BCUT2D eigenvalue weighted by molar-refractivity contribution is -0.131. The summed E-state index contributed by atoms with van der Waals surface area (Å²) in [5, 5.41) is 9.88. The van der Waals surface area contributed by atoms with Crippen LogP contribution in [0.15, 0.2) is 24.3 Å². The summed E-state index contributed by atoms with van der Waals surface area (Å²) >= 11 is 1.63. The number of benzene rings is 1. The van der Waals surface area contributed by atoms with Gasteiger partial charge in [-0.05, 0) is 42.0 Å². The maximum absolute atomic E-state index is 10.5. The number of rotatable bonds is 3. The quantitative estimate of drug-likeness (QED) is 0.835. The molecule has 1 aromatic heterocycles. The SMILES string of the molecule is CCc1ccc2sc(/C=C/C(=O)O)c(C)c2c1. The molecule has 0 saturated carbocycles. The summed E-state index contributed by atoms with van der Waals surface area (Å²) in [7, 11) is 0. The maximum atomic E-state index is 10.5. The second-order valence-corrected chi connectivity index (χ2v) is 5.03.